The number of nitrogens with one attached hydrogen (secondary N) is 2. The summed E-state index contributed by atoms with van der Waals surface area (Å²) in [4.78, 5) is 20.1. The number of thiazole rings is 1. The topological polar surface area (TPSA) is 57.3 Å². The van der Waals surface area contributed by atoms with Gasteiger partial charge in [-0.2, -0.15) is 0 Å². The first-order valence-electron chi connectivity index (χ1n) is 8.88. The lowest BCUT2D eigenvalue weighted by atomic mass is 10.0. The lowest BCUT2D eigenvalue weighted by molar-refractivity contribution is 0.0907. The molecule has 0 radical (unpaired) electrons. The van der Waals surface area contributed by atoms with Crippen LogP contribution >= 0.6 is 11.3 Å². The molecule has 1 aromatic carbocycles. The number of rotatable bonds is 6. The number of carbonyl (C=O) groups excluding carboxylic acids is 1. The van der Waals surface area contributed by atoms with Crippen molar-refractivity contribution in [1.82, 2.24) is 15.2 Å². The Morgan fingerprint density at radius 3 is 2.88 bits per heavy atom. The summed E-state index contributed by atoms with van der Waals surface area (Å²) >= 11 is 1.42. The number of piperidine rings is 1. The van der Waals surface area contributed by atoms with Gasteiger partial charge in [-0.05, 0) is 38.3 Å². The molecule has 2 N–H and O–H groups in total. The molecule has 1 saturated heterocycles. The number of aromatic nitrogens is 1. The van der Waals surface area contributed by atoms with Crippen molar-refractivity contribution in [2.24, 2.45) is 0 Å². The maximum atomic E-state index is 12.6. The number of aryl methyl sites for hydroxylation is 1. The van der Waals surface area contributed by atoms with Crippen LogP contribution < -0.4 is 10.6 Å². The number of amides is 1. The largest absolute Gasteiger partial charge is 0.365 e. The highest BCUT2D eigenvalue weighted by Crippen LogP contribution is 2.22. The quantitative estimate of drug-likeness (QED) is 0.834. The third-order valence-corrected chi connectivity index (χ3v) is 5.79. The monoisotopic (exact) mass is 358 g/mol. The first-order valence-corrected chi connectivity index (χ1v) is 9.69. The highest BCUT2D eigenvalue weighted by Gasteiger charge is 2.23. The van der Waals surface area contributed by atoms with Gasteiger partial charge < -0.3 is 15.5 Å². The fraction of sp³-hybridized carbons (Fsp3) is 0.474. The Hall–Kier alpha value is -1.92. The van der Waals surface area contributed by atoms with Crippen molar-refractivity contribution in [3.8, 4) is 0 Å². The van der Waals surface area contributed by atoms with Gasteiger partial charge in [-0.3, -0.25) is 4.79 Å². The molecule has 0 saturated carbocycles. The lowest BCUT2D eigenvalue weighted by Gasteiger charge is -2.33. The number of nitrogens with zero attached hydrogens (tertiary/aromatic N) is 2. The van der Waals surface area contributed by atoms with Crippen molar-refractivity contribution >= 4 is 22.4 Å². The molecule has 1 amide bonds. The van der Waals surface area contributed by atoms with Gasteiger partial charge in [-0.15, -0.1) is 0 Å². The summed E-state index contributed by atoms with van der Waals surface area (Å²) in [6.45, 7) is 4.97. The van der Waals surface area contributed by atoms with Gasteiger partial charge in [0.25, 0.3) is 5.91 Å². The molecular formula is C19H26N4OS. The maximum absolute atomic E-state index is 12.6. The molecule has 1 aliphatic heterocycles. The number of hydrogen-bond donors (Lipinski definition) is 2. The summed E-state index contributed by atoms with van der Waals surface area (Å²) in [6, 6.07) is 10.8. The summed E-state index contributed by atoms with van der Waals surface area (Å²) < 4.78 is 0. The van der Waals surface area contributed by atoms with Gasteiger partial charge in [0.05, 0.1) is 5.69 Å². The average Bonchev–Trinajstić information content (AvgIpc) is 3.02. The highest BCUT2D eigenvalue weighted by molar-refractivity contribution is 7.17. The maximum Gasteiger partial charge on any atom is 0.263 e. The fourth-order valence-corrected chi connectivity index (χ4v) is 4.10. The van der Waals surface area contributed by atoms with Crippen LogP contribution in [0.3, 0.4) is 0 Å². The molecule has 1 unspecified atom stereocenters. The predicted octanol–water partition coefficient (Wildman–Crippen LogP) is 2.93. The second-order valence-electron chi connectivity index (χ2n) is 6.53. The van der Waals surface area contributed by atoms with Crippen LogP contribution in [0.15, 0.2) is 30.3 Å². The summed E-state index contributed by atoms with van der Waals surface area (Å²) in [5.41, 5.74) is 2.16. The van der Waals surface area contributed by atoms with Crippen LogP contribution in [0.2, 0.25) is 0 Å². The van der Waals surface area contributed by atoms with Crippen molar-refractivity contribution in [2.75, 3.05) is 32.0 Å². The molecule has 6 heteroatoms. The van der Waals surface area contributed by atoms with Gasteiger partial charge in [-0.1, -0.05) is 41.7 Å². The van der Waals surface area contributed by atoms with Crippen molar-refractivity contribution < 1.29 is 4.79 Å². The lowest BCUT2D eigenvalue weighted by Crippen LogP contribution is -2.48. The van der Waals surface area contributed by atoms with Crippen LogP contribution in [0.4, 0.5) is 5.13 Å². The summed E-state index contributed by atoms with van der Waals surface area (Å²) in [5.74, 6) is 0.00593. The minimum Gasteiger partial charge on any atom is -0.365 e. The molecule has 0 aliphatic carbocycles. The van der Waals surface area contributed by atoms with E-state index in [0.29, 0.717) is 4.88 Å². The highest BCUT2D eigenvalue weighted by atomic mass is 32.1. The molecule has 3 rings (SSSR count). The van der Waals surface area contributed by atoms with Crippen molar-refractivity contribution in [2.45, 2.75) is 32.2 Å². The summed E-state index contributed by atoms with van der Waals surface area (Å²) in [6.07, 6.45) is 3.23. The number of likely N-dealkylation sites (tertiary alicyclic amines) is 1. The van der Waals surface area contributed by atoms with Gasteiger partial charge in [0.1, 0.15) is 4.88 Å². The molecule has 0 spiro atoms. The van der Waals surface area contributed by atoms with Gasteiger partial charge in [0.15, 0.2) is 5.13 Å². The van der Waals surface area contributed by atoms with Gasteiger partial charge in [-0.25, -0.2) is 4.98 Å². The standard InChI is InChI=1S/C19H26N4OS/c1-14-17(25-19(20-2)21-14)18(24)22-16-9-6-11-23(13-16)12-10-15-7-4-3-5-8-15/h3-5,7-8,16H,6,9-13H2,1-2H3,(H,20,21)(H,22,24). The Balaban J connectivity index is 1.52. The molecule has 1 fully saturated rings. The van der Waals surface area contributed by atoms with Gasteiger partial charge in [0.2, 0.25) is 0 Å². The van der Waals surface area contributed by atoms with Crippen LogP contribution in [0, 0.1) is 6.92 Å². The van der Waals surface area contributed by atoms with Crippen LogP contribution in [0.25, 0.3) is 0 Å². The summed E-state index contributed by atoms with van der Waals surface area (Å²) in [7, 11) is 1.83. The SMILES string of the molecule is CNc1nc(C)c(C(=O)NC2CCCN(CCc3ccccc3)C2)s1. The Morgan fingerprint density at radius 2 is 2.16 bits per heavy atom. The molecule has 5 nitrogen and oxygen atoms in total. The van der Waals surface area contributed by atoms with E-state index in [9.17, 15) is 4.79 Å². The zero-order valence-corrected chi connectivity index (χ0v) is 15.7. The van der Waals surface area contributed by atoms with E-state index in [1.165, 1.54) is 16.9 Å². The molecule has 2 aromatic rings. The van der Waals surface area contributed by atoms with Crippen molar-refractivity contribution in [3.05, 3.63) is 46.5 Å². The van der Waals surface area contributed by atoms with Crippen molar-refractivity contribution in [3.63, 3.8) is 0 Å². The van der Waals surface area contributed by atoms with E-state index in [-0.39, 0.29) is 11.9 Å². The number of hydrogen-bond acceptors (Lipinski definition) is 5. The molecule has 0 bridgehead atoms. The predicted molar refractivity (Wildman–Crippen MR) is 103 cm³/mol. The van der Waals surface area contributed by atoms with Crippen LogP contribution in [-0.4, -0.2) is 48.5 Å². The zero-order valence-electron chi connectivity index (χ0n) is 14.9. The third kappa shape index (κ3) is 4.80. The molecule has 134 valence electrons. The van der Waals surface area contributed by atoms with E-state index in [4.69, 9.17) is 0 Å². The Morgan fingerprint density at radius 1 is 1.36 bits per heavy atom. The van der Waals surface area contributed by atoms with E-state index in [1.54, 1.807) is 0 Å². The van der Waals surface area contributed by atoms with E-state index < -0.39 is 0 Å². The van der Waals surface area contributed by atoms with Crippen LogP contribution in [0.5, 0.6) is 0 Å². The van der Waals surface area contributed by atoms with Gasteiger partial charge >= 0.3 is 0 Å². The molecular weight excluding hydrogens is 332 g/mol. The number of anilines is 1. The zero-order chi connectivity index (χ0) is 17.6. The second-order valence-corrected chi connectivity index (χ2v) is 7.53. The smallest absolute Gasteiger partial charge is 0.263 e. The molecule has 25 heavy (non-hydrogen) atoms. The van der Waals surface area contributed by atoms with E-state index in [0.717, 1.165) is 49.7 Å². The molecule has 1 aliphatic rings. The van der Waals surface area contributed by atoms with Crippen LogP contribution in [-0.2, 0) is 6.42 Å². The minimum atomic E-state index is 0.00593. The molecule has 2 heterocycles. The normalized spacial score (nSPS) is 18.1. The van der Waals surface area contributed by atoms with E-state index >= 15 is 0 Å². The Bertz CT molecular complexity index is 701. The number of benzene rings is 1. The summed E-state index contributed by atoms with van der Waals surface area (Å²) in [5, 5.41) is 7.00. The minimum absolute atomic E-state index is 0.00593. The third-order valence-electron chi connectivity index (χ3n) is 4.62. The number of carbonyl (C=O) groups is 1. The fourth-order valence-electron chi connectivity index (χ4n) is 3.27. The Kier molecular flexibility index (Phi) is 6.04. The van der Waals surface area contributed by atoms with Crippen LogP contribution in [0.1, 0.15) is 33.8 Å². The van der Waals surface area contributed by atoms with E-state index in [2.05, 4.69) is 50.8 Å². The average molecular weight is 359 g/mol. The first kappa shape index (κ1) is 17.9. The second kappa shape index (κ2) is 8.45. The van der Waals surface area contributed by atoms with E-state index in [1.807, 2.05) is 14.0 Å². The van der Waals surface area contributed by atoms with Crippen molar-refractivity contribution in [1.29, 1.82) is 0 Å². The Labute approximate surface area is 153 Å². The first-order chi connectivity index (χ1) is 12.2. The van der Waals surface area contributed by atoms with Gasteiger partial charge in [0, 0.05) is 26.2 Å². The molecule has 1 aromatic heterocycles. The molecule has 1 atom stereocenters.